The van der Waals surface area contributed by atoms with Crippen LogP contribution >= 0.6 is 0 Å². The summed E-state index contributed by atoms with van der Waals surface area (Å²) in [5, 5.41) is 0. The predicted octanol–water partition coefficient (Wildman–Crippen LogP) is 2.92. The van der Waals surface area contributed by atoms with Crippen LogP contribution in [0.5, 0.6) is 5.75 Å². The Balaban J connectivity index is 1.93. The van der Waals surface area contributed by atoms with Gasteiger partial charge >= 0.3 is 5.97 Å². The number of hydrogen-bond acceptors (Lipinski definition) is 5. The summed E-state index contributed by atoms with van der Waals surface area (Å²) in [7, 11) is 1.63. The van der Waals surface area contributed by atoms with Gasteiger partial charge in [0.2, 0.25) is 0 Å². The summed E-state index contributed by atoms with van der Waals surface area (Å²) in [6.45, 7) is 0.221. The van der Waals surface area contributed by atoms with Crippen molar-refractivity contribution in [3.05, 3.63) is 41.5 Å². The zero-order valence-corrected chi connectivity index (χ0v) is 13.8. The van der Waals surface area contributed by atoms with Crippen molar-refractivity contribution in [3.63, 3.8) is 0 Å². The average molecular weight is 330 g/mol. The third-order valence-electron chi connectivity index (χ3n) is 4.40. The summed E-state index contributed by atoms with van der Waals surface area (Å²) in [5.74, 6) is 0.747. The van der Waals surface area contributed by atoms with Gasteiger partial charge in [0.15, 0.2) is 0 Å². The van der Waals surface area contributed by atoms with Gasteiger partial charge in [0, 0.05) is 19.3 Å². The molecule has 1 aromatic rings. The molecule has 0 aromatic heterocycles. The number of ether oxygens (including phenoxy) is 3. The lowest BCUT2D eigenvalue weighted by Gasteiger charge is -2.29. The molecule has 2 aliphatic rings. The number of benzene rings is 1. The highest BCUT2D eigenvalue weighted by Gasteiger charge is 2.29. The van der Waals surface area contributed by atoms with Crippen LogP contribution in [0.25, 0.3) is 0 Å². The van der Waals surface area contributed by atoms with E-state index >= 15 is 0 Å². The van der Waals surface area contributed by atoms with E-state index in [9.17, 15) is 9.59 Å². The minimum Gasteiger partial charge on any atom is -0.497 e. The molecule has 0 aliphatic carbocycles. The van der Waals surface area contributed by atoms with Crippen LogP contribution in [0.15, 0.2) is 30.4 Å². The number of aryl methyl sites for hydroxylation is 1. The van der Waals surface area contributed by atoms with Gasteiger partial charge in [0.1, 0.15) is 18.1 Å². The highest BCUT2D eigenvalue weighted by atomic mass is 16.5. The quantitative estimate of drug-likeness (QED) is 0.585. The Hall–Kier alpha value is -2.14. The van der Waals surface area contributed by atoms with Crippen LogP contribution < -0.4 is 4.74 Å². The molecule has 1 saturated heterocycles. The van der Waals surface area contributed by atoms with Crippen molar-refractivity contribution < 1.29 is 23.8 Å². The van der Waals surface area contributed by atoms with Gasteiger partial charge in [-0.3, -0.25) is 9.59 Å². The van der Waals surface area contributed by atoms with E-state index in [2.05, 4.69) is 0 Å². The third kappa shape index (κ3) is 4.03. The number of rotatable bonds is 1. The van der Waals surface area contributed by atoms with Crippen LogP contribution in [0, 0.1) is 0 Å². The molecule has 2 aliphatic heterocycles. The summed E-state index contributed by atoms with van der Waals surface area (Å²) in [4.78, 5) is 23.9. The number of esters is 1. The number of carbonyl (C=O) groups is 2. The van der Waals surface area contributed by atoms with Crippen molar-refractivity contribution in [2.45, 2.75) is 44.3 Å². The molecule has 5 nitrogen and oxygen atoms in total. The van der Waals surface area contributed by atoms with E-state index in [1.165, 1.54) is 0 Å². The van der Waals surface area contributed by atoms with Gasteiger partial charge < -0.3 is 14.2 Å². The third-order valence-corrected chi connectivity index (χ3v) is 4.40. The SMILES string of the molecule is COc1ccc2c(c1)CCCC(=O)OC/C=C/C1CC(=O)CC2O1. The van der Waals surface area contributed by atoms with Crippen molar-refractivity contribution in [2.24, 2.45) is 0 Å². The Bertz CT molecular complexity index is 649. The molecule has 24 heavy (non-hydrogen) atoms. The van der Waals surface area contributed by atoms with Gasteiger partial charge in [-0.05, 0) is 42.2 Å². The maximum Gasteiger partial charge on any atom is 0.306 e. The number of fused-ring (bicyclic) bond motifs is 4. The van der Waals surface area contributed by atoms with Gasteiger partial charge in [0.05, 0.1) is 19.3 Å². The van der Waals surface area contributed by atoms with E-state index < -0.39 is 0 Å². The number of cyclic esters (lactones) is 1. The monoisotopic (exact) mass is 330 g/mol. The Morgan fingerprint density at radius 2 is 2.04 bits per heavy atom. The first-order chi connectivity index (χ1) is 11.7. The van der Waals surface area contributed by atoms with Gasteiger partial charge in [-0.25, -0.2) is 0 Å². The number of methoxy groups -OCH3 is 1. The molecule has 2 unspecified atom stereocenters. The van der Waals surface area contributed by atoms with Crippen molar-refractivity contribution in [3.8, 4) is 5.75 Å². The smallest absolute Gasteiger partial charge is 0.306 e. The highest BCUT2D eigenvalue weighted by molar-refractivity contribution is 5.80. The van der Waals surface area contributed by atoms with E-state index in [4.69, 9.17) is 14.2 Å². The molecule has 5 heteroatoms. The topological polar surface area (TPSA) is 61.8 Å². The normalized spacial score (nSPS) is 26.2. The molecule has 2 bridgehead atoms. The van der Waals surface area contributed by atoms with Gasteiger partial charge in [0.25, 0.3) is 0 Å². The molecule has 0 radical (unpaired) electrons. The second-order valence-corrected chi connectivity index (χ2v) is 6.14. The molecular formula is C19H22O5. The maximum absolute atomic E-state index is 12.1. The van der Waals surface area contributed by atoms with Crippen LogP contribution in [0.4, 0.5) is 0 Å². The first kappa shape index (κ1) is 16.7. The molecule has 0 spiro atoms. The molecule has 0 N–H and O–H groups in total. The van der Waals surface area contributed by atoms with Crippen LogP contribution in [0.3, 0.4) is 0 Å². The predicted molar refractivity (Wildman–Crippen MR) is 87.9 cm³/mol. The van der Waals surface area contributed by atoms with Crippen molar-refractivity contribution in [1.82, 2.24) is 0 Å². The largest absolute Gasteiger partial charge is 0.497 e. The second kappa shape index (κ2) is 7.62. The molecule has 0 amide bonds. The Morgan fingerprint density at radius 3 is 2.88 bits per heavy atom. The minimum absolute atomic E-state index is 0.189. The number of hydrogen-bond donors (Lipinski definition) is 0. The van der Waals surface area contributed by atoms with E-state index in [1.807, 2.05) is 24.3 Å². The maximum atomic E-state index is 12.1. The zero-order valence-electron chi connectivity index (χ0n) is 13.8. The summed E-state index contributed by atoms with van der Waals surface area (Å²) >= 11 is 0. The van der Waals surface area contributed by atoms with Crippen LogP contribution in [0.1, 0.15) is 42.9 Å². The number of ketones is 1. The fourth-order valence-electron chi connectivity index (χ4n) is 3.20. The fraction of sp³-hybridized carbons (Fsp3) is 0.474. The van der Waals surface area contributed by atoms with Gasteiger partial charge in [-0.15, -0.1) is 0 Å². The summed E-state index contributed by atoms with van der Waals surface area (Å²) in [6, 6.07) is 5.82. The standard InChI is InChI=1S/C19H22O5/c1-22-15-7-8-17-13(10-15)4-2-6-19(21)23-9-3-5-16-11-14(20)12-18(17)24-16/h3,5,7-8,10,16,18H,2,4,6,9,11-12H2,1H3/b5-3+. The zero-order chi connectivity index (χ0) is 16.9. The van der Waals surface area contributed by atoms with Gasteiger partial charge in [-0.2, -0.15) is 0 Å². The molecule has 128 valence electrons. The summed E-state index contributed by atoms with van der Waals surface area (Å²) < 4.78 is 16.6. The van der Waals surface area contributed by atoms with E-state index in [0.29, 0.717) is 32.1 Å². The van der Waals surface area contributed by atoms with E-state index in [0.717, 1.165) is 16.9 Å². The molecule has 2 atom stereocenters. The van der Waals surface area contributed by atoms with Crippen LogP contribution in [-0.2, 0) is 25.5 Å². The van der Waals surface area contributed by atoms with Crippen LogP contribution in [-0.4, -0.2) is 31.6 Å². The average Bonchev–Trinajstić information content (AvgIpc) is 2.58. The lowest BCUT2D eigenvalue weighted by molar-refractivity contribution is -0.142. The molecule has 3 rings (SSSR count). The van der Waals surface area contributed by atoms with Gasteiger partial charge in [-0.1, -0.05) is 12.1 Å². The summed E-state index contributed by atoms with van der Waals surface area (Å²) in [6.07, 6.45) is 5.58. The fourth-order valence-corrected chi connectivity index (χ4v) is 3.20. The lowest BCUT2D eigenvalue weighted by atomic mass is 9.91. The lowest BCUT2D eigenvalue weighted by Crippen LogP contribution is -2.27. The molecular weight excluding hydrogens is 308 g/mol. The van der Waals surface area contributed by atoms with Crippen molar-refractivity contribution >= 4 is 11.8 Å². The van der Waals surface area contributed by atoms with Crippen molar-refractivity contribution in [1.29, 1.82) is 0 Å². The molecule has 0 saturated carbocycles. The van der Waals surface area contributed by atoms with E-state index in [1.54, 1.807) is 13.2 Å². The molecule has 1 aromatic carbocycles. The number of carbonyl (C=O) groups excluding carboxylic acids is 2. The number of Topliss-reactive ketones (excluding diaryl/α,β-unsaturated/α-hetero) is 1. The highest BCUT2D eigenvalue weighted by Crippen LogP contribution is 2.34. The Kier molecular flexibility index (Phi) is 5.30. The summed E-state index contributed by atoms with van der Waals surface area (Å²) in [5.41, 5.74) is 2.07. The first-order valence-corrected chi connectivity index (χ1v) is 8.32. The molecule has 1 fully saturated rings. The second-order valence-electron chi connectivity index (χ2n) is 6.14. The molecule has 2 heterocycles. The van der Waals surface area contributed by atoms with Crippen LogP contribution in [0.2, 0.25) is 0 Å². The van der Waals surface area contributed by atoms with E-state index in [-0.39, 0.29) is 30.6 Å². The Morgan fingerprint density at radius 1 is 1.17 bits per heavy atom. The minimum atomic E-state index is -0.273. The Labute approximate surface area is 141 Å². The van der Waals surface area contributed by atoms with Crippen molar-refractivity contribution in [2.75, 3.05) is 13.7 Å². The first-order valence-electron chi connectivity index (χ1n) is 8.32.